The Morgan fingerprint density at radius 2 is 0.769 bits per heavy atom. The first-order chi connectivity index (χ1) is 32.0. The Morgan fingerprint density at radius 3 is 1.18 bits per heavy atom. The van der Waals surface area contributed by atoms with Gasteiger partial charge in [-0.05, 0) is 57.8 Å². The number of rotatable bonds is 54. The van der Waals surface area contributed by atoms with E-state index in [0.29, 0.717) is 25.9 Å². The number of carbonyl (C=O) groups excluding carboxylic acids is 2. The molecule has 0 aromatic carbocycles. The third-order valence-corrected chi connectivity index (χ3v) is 13.5. The molecule has 3 N–H and O–H groups in total. The smallest absolute Gasteiger partial charge is 0.305 e. The van der Waals surface area contributed by atoms with Gasteiger partial charge < -0.3 is 20.3 Å². The second-order valence-electron chi connectivity index (χ2n) is 20.0. The van der Waals surface area contributed by atoms with Crippen molar-refractivity contribution in [3.8, 4) is 0 Å². The van der Waals surface area contributed by atoms with Gasteiger partial charge in [0.05, 0.1) is 25.4 Å². The van der Waals surface area contributed by atoms with E-state index in [9.17, 15) is 19.8 Å². The second kappa shape index (κ2) is 54.9. The highest BCUT2D eigenvalue weighted by atomic mass is 16.5. The number of carbonyl (C=O) groups is 2. The largest absolute Gasteiger partial charge is 0.466 e. The second-order valence-corrected chi connectivity index (χ2v) is 20.0. The van der Waals surface area contributed by atoms with Crippen molar-refractivity contribution in [1.29, 1.82) is 0 Å². The summed E-state index contributed by atoms with van der Waals surface area (Å²) in [6.07, 6.45) is 65.9. The molecule has 0 aliphatic heterocycles. The van der Waals surface area contributed by atoms with E-state index < -0.39 is 12.1 Å². The van der Waals surface area contributed by atoms with Crippen LogP contribution in [-0.4, -0.2) is 47.4 Å². The lowest BCUT2D eigenvalue weighted by Gasteiger charge is -2.22. The molecule has 0 heterocycles. The number of ether oxygens (including phenoxy) is 1. The van der Waals surface area contributed by atoms with Crippen LogP contribution < -0.4 is 5.32 Å². The van der Waals surface area contributed by atoms with Crippen LogP contribution in [0.15, 0.2) is 24.3 Å². The number of allylic oxidation sites excluding steroid dienone is 4. The first-order valence-electron chi connectivity index (χ1n) is 29.1. The van der Waals surface area contributed by atoms with Gasteiger partial charge in [0.2, 0.25) is 5.91 Å². The average Bonchev–Trinajstić information content (AvgIpc) is 3.31. The predicted octanol–water partition coefficient (Wildman–Crippen LogP) is 17.9. The third kappa shape index (κ3) is 51.6. The lowest BCUT2D eigenvalue weighted by molar-refractivity contribution is -0.143. The maximum atomic E-state index is 12.5. The first-order valence-corrected chi connectivity index (χ1v) is 29.1. The number of hydrogen-bond donors (Lipinski definition) is 3. The number of amides is 1. The molecule has 0 aromatic rings. The first kappa shape index (κ1) is 63.3. The third-order valence-electron chi connectivity index (χ3n) is 13.5. The zero-order valence-electron chi connectivity index (χ0n) is 43.7. The fraction of sp³-hybridized carbons (Fsp3) is 0.898. The molecule has 0 saturated heterocycles. The van der Waals surface area contributed by atoms with Gasteiger partial charge in [-0.15, -0.1) is 0 Å². The van der Waals surface area contributed by atoms with E-state index in [-0.39, 0.29) is 18.5 Å². The Balaban J connectivity index is 3.47. The number of aliphatic hydroxyl groups is 2. The number of aliphatic hydroxyl groups excluding tert-OH is 2. The quantitative estimate of drug-likeness (QED) is 0.0321. The van der Waals surface area contributed by atoms with E-state index in [1.54, 1.807) is 0 Å². The van der Waals surface area contributed by atoms with Crippen LogP contribution in [0.1, 0.15) is 316 Å². The maximum absolute atomic E-state index is 12.5. The standard InChI is InChI=1S/C59H113NO5/c1-3-5-7-9-11-13-15-17-19-21-22-23-24-25-26-28-31-35-39-43-47-51-57(62)56(55-61)60-58(63)52-48-44-40-36-32-30-34-38-42-46-50-54-65-59(64)53-49-45-41-37-33-29-27-20-18-16-14-12-10-8-6-4-2/h14,16,20,27,56-57,61-62H,3-13,15,17-19,21-26,28-55H2,1-2H3,(H,60,63)/b16-14-,27-20-. The van der Waals surface area contributed by atoms with E-state index >= 15 is 0 Å². The maximum Gasteiger partial charge on any atom is 0.305 e. The highest BCUT2D eigenvalue weighted by molar-refractivity contribution is 5.76. The van der Waals surface area contributed by atoms with Gasteiger partial charge in [0.1, 0.15) is 0 Å². The monoisotopic (exact) mass is 916 g/mol. The van der Waals surface area contributed by atoms with Gasteiger partial charge in [-0.3, -0.25) is 9.59 Å². The van der Waals surface area contributed by atoms with Crippen molar-refractivity contribution in [2.75, 3.05) is 13.2 Å². The van der Waals surface area contributed by atoms with E-state index in [0.717, 1.165) is 70.6 Å². The summed E-state index contributed by atoms with van der Waals surface area (Å²) in [4.78, 5) is 24.6. The van der Waals surface area contributed by atoms with Gasteiger partial charge in [0, 0.05) is 12.8 Å². The Hall–Kier alpha value is -1.66. The van der Waals surface area contributed by atoms with Crippen LogP contribution in [0.5, 0.6) is 0 Å². The molecule has 0 aliphatic carbocycles. The van der Waals surface area contributed by atoms with Crippen molar-refractivity contribution >= 4 is 11.9 Å². The summed E-state index contributed by atoms with van der Waals surface area (Å²) in [6.45, 7) is 4.91. The predicted molar refractivity (Wildman–Crippen MR) is 283 cm³/mol. The topological polar surface area (TPSA) is 95.9 Å². The molecular formula is C59H113NO5. The number of hydrogen-bond acceptors (Lipinski definition) is 5. The number of nitrogens with one attached hydrogen (secondary N) is 1. The van der Waals surface area contributed by atoms with E-state index in [1.165, 1.54) is 212 Å². The lowest BCUT2D eigenvalue weighted by atomic mass is 10.0. The summed E-state index contributed by atoms with van der Waals surface area (Å²) in [5.41, 5.74) is 0. The molecule has 0 aliphatic rings. The van der Waals surface area contributed by atoms with Crippen molar-refractivity contribution in [1.82, 2.24) is 5.32 Å². The summed E-state index contributed by atoms with van der Waals surface area (Å²) >= 11 is 0. The van der Waals surface area contributed by atoms with Gasteiger partial charge in [-0.2, -0.15) is 0 Å². The molecule has 2 atom stereocenters. The molecule has 6 nitrogen and oxygen atoms in total. The Labute approximate surface area is 405 Å². The minimum atomic E-state index is -0.678. The Kier molecular flexibility index (Phi) is 53.5. The Bertz CT molecular complexity index is 1010. The lowest BCUT2D eigenvalue weighted by Crippen LogP contribution is -2.45. The summed E-state index contributed by atoms with van der Waals surface area (Å²) in [6, 6.07) is -0.557. The Morgan fingerprint density at radius 1 is 0.431 bits per heavy atom. The fourth-order valence-electron chi connectivity index (χ4n) is 9.02. The molecule has 0 fully saturated rings. The number of esters is 1. The molecule has 0 radical (unpaired) electrons. The SMILES string of the molecule is CCCCCC/C=C\C/C=C\CCCCCCCC(=O)OCCCCCCCCCCCCCC(=O)NC(CO)C(O)CCCCCCCCCCCCCCCCCCCCCCC. The molecule has 6 heteroatoms. The molecule has 1 amide bonds. The van der Waals surface area contributed by atoms with Crippen LogP contribution >= 0.6 is 0 Å². The van der Waals surface area contributed by atoms with Crippen molar-refractivity contribution in [2.45, 2.75) is 328 Å². The van der Waals surface area contributed by atoms with Crippen LogP contribution in [0, 0.1) is 0 Å². The summed E-state index contributed by atoms with van der Waals surface area (Å²) < 4.78 is 5.46. The van der Waals surface area contributed by atoms with E-state index in [4.69, 9.17) is 4.74 Å². The van der Waals surface area contributed by atoms with Crippen molar-refractivity contribution in [3.05, 3.63) is 24.3 Å². The highest BCUT2D eigenvalue weighted by Crippen LogP contribution is 2.17. The van der Waals surface area contributed by atoms with Crippen LogP contribution in [-0.2, 0) is 14.3 Å². The van der Waals surface area contributed by atoms with Gasteiger partial charge in [-0.25, -0.2) is 0 Å². The molecule has 0 rings (SSSR count). The van der Waals surface area contributed by atoms with Crippen LogP contribution in [0.25, 0.3) is 0 Å². The fourth-order valence-corrected chi connectivity index (χ4v) is 9.02. The summed E-state index contributed by atoms with van der Waals surface area (Å²) in [5.74, 6) is -0.0782. The van der Waals surface area contributed by atoms with Crippen molar-refractivity contribution in [2.24, 2.45) is 0 Å². The minimum Gasteiger partial charge on any atom is -0.466 e. The molecular weight excluding hydrogens is 803 g/mol. The van der Waals surface area contributed by atoms with E-state index in [1.807, 2.05) is 0 Å². The summed E-state index contributed by atoms with van der Waals surface area (Å²) in [5, 5.41) is 23.3. The molecule has 0 bridgehead atoms. The van der Waals surface area contributed by atoms with Crippen molar-refractivity contribution in [3.63, 3.8) is 0 Å². The normalized spacial score (nSPS) is 12.7. The highest BCUT2D eigenvalue weighted by Gasteiger charge is 2.20. The molecule has 0 aromatic heterocycles. The average molecular weight is 917 g/mol. The molecule has 0 saturated carbocycles. The van der Waals surface area contributed by atoms with Crippen LogP contribution in [0.3, 0.4) is 0 Å². The van der Waals surface area contributed by atoms with Gasteiger partial charge >= 0.3 is 5.97 Å². The van der Waals surface area contributed by atoms with Crippen molar-refractivity contribution < 1.29 is 24.5 Å². The van der Waals surface area contributed by atoms with Crippen LogP contribution in [0.2, 0.25) is 0 Å². The van der Waals surface area contributed by atoms with Gasteiger partial charge in [0.15, 0.2) is 0 Å². The molecule has 65 heavy (non-hydrogen) atoms. The minimum absolute atomic E-state index is 0.0262. The van der Waals surface area contributed by atoms with Crippen LogP contribution in [0.4, 0.5) is 0 Å². The molecule has 2 unspecified atom stereocenters. The van der Waals surface area contributed by atoms with Gasteiger partial charge in [-0.1, -0.05) is 269 Å². The van der Waals surface area contributed by atoms with E-state index in [2.05, 4.69) is 43.5 Å². The molecule has 384 valence electrons. The number of unbranched alkanes of at least 4 members (excludes halogenated alkanes) is 39. The summed E-state index contributed by atoms with van der Waals surface area (Å²) in [7, 11) is 0. The zero-order valence-corrected chi connectivity index (χ0v) is 43.7. The van der Waals surface area contributed by atoms with Gasteiger partial charge in [0.25, 0.3) is 0 Å². The molecule has 0 spiro atoms. The zero-order chi connectivity index (χ0) is 47.2.